The monoisotopic (exact) mass is 379 g/mol. The Morgan fingerprint density at radius 1 is 1.32 bits per heavy atom. The number of rotatable bonds is 8. The summed E-state index contributed by atoms with van der Waals surface area (Å²) in [6.45, 7) is 4.32. The number of unbranched alkanes of at least 4 members (excludes halogenated alkanes) is 1. The molecule has 2 aromatic carbocycles. The lowest BCUT2D eigenvalue weighted by atomic mass is 10.1. The first-order valence-corrected chi connectivity index (χ1v) is 8.86. The molecule has 1 N–H and O–H groups in total. The van der Waals surface area contributed by atoms with Gasteiger partial charge in [0.25, 0.3) is 11.6 Å². The van der Waals surface area contributed by atoms with Crippen molar-refractivity contribution in [1.29, 1.82) is 5.26 Å². The van der Waals surface area contributed by atoms with E-state index in [-0.39, 0.29) is 16.9 Å². The number of nitro groups is 1. The molecule has 0 aromatic heterocycles. The van der Waals surface area contributed by atoms with E-state index in [1.807, 2.05) is 12.1 Å². The lowest BCUT2D eigenvalue weighted by Crippen LogP contribution is -2.14. The zero-order valence-corrected chi connectivity index (χ0v) is 15.8. The van der Waals surface area contributed by atoms with Gasteiger partial charge in [-0.25, -0.2) is 0 Å². The van der Waals surface area contributed by atoms with Crippen LogP contribution in [0.5, 0.6) is 5.75 Å². The third kappa shape index (κ3) is 5.42. The van der Waals surface area contributed by atoms with Gasteiger partial charge in [-0.3, -0.25) is 14.9 Å². The molecule has 144 valence electrons. The highest BCUT2D eigenvalue weighted by Gasteiger charge is 2.15. The van der Waals surface area contributed by atoms with Gasteiger partial charge in [0, 0.05) is 17.7 Å². The van der Waals surface area contributed by atoms with Crippen LogP contribution in [0.3, 0.4) is 0 Å². The molecular formula is C21H21N3O4. The SMILES string of the molecule is CCCCOc1ccccc1/C=C(\C#N)C(=O)Nc1cc([N+](=O)[O-])ccc1C. The van der Waals surface area contributed by atoms with Crippen molar-refractivity contribution in [2.24, 2.45) is 0 Å². The summed E-state index contributed by atoms with van der Waals surface area (Å²) in [6, 6.07) is 13.2. The van der Waals surface area contributed by atoms with Gasteiger partial charge < -0.3 is 10.1 Å². The number of benzene rings is 2. The van der Waals surface area contributed by atoms with Gasteiger partial charge in [0.2, 0.25) is 0 Å². The Labute approximate surface area is 163 Å². The fourth-order valence-corrected chi connectivity index (χ4v) is 2.41. The van der Waals surface area contributed by atoms with Crippen molar-refractivity contribution in [3.05, 3.63) is 69.3 Å². The van der Waals surface area contributed by atoms with Crippen LogP contribution in [-0.4, -0.2) is 17.4 Å². The molecule has 1 amide bonds. The van der Waals surface area contributed by atoms with Crippen LogP contribution in [0.1, 0.15) is 30.9 Å². The molecule has 0 aliphatic carbocycles. The smallest absolute Gasteiger partial charge is 0.271 e. The molecule has 7 heteroatoms. The number of para-hydroxylation sites is 1. The van der Waals surface area contributed by atoms with Gasteiger partial charge in [0.05, 0.1) is 17.2 Å². The maximum Gasteiger partial charge on any atom is 0.271 e. The maximum atomic E-state index is 12.5. The summed E-state index contributed by atoms with van der Waals surface area (Å²) in [5.74, 6) is -0.0579. The first-order chi connectivity index (χ1) is 13.5. The third-order valence-electron chi connectivity index (χ3n) is 4.02. The molecule has 0 saturated heterocycles. The number of nitrogens with one attached hydrogen (secondary N) is 1. The molecule has 0 heterocycles. The summed E-state index contributed by atoms with van der Waals surface area (Å²) >= 11 is 0. The quantitative estimate of drug-likeness (QED) is 0.237. The second-order valence-corrected chi connectivity index (χ2v) is 6.12. The van der Waals surface area contributed by atoms with E-state index in [9.17, 15) is 20.2 Å². The average molecular weight is 379 g/mol. The summed E-state index contributed by atoms with van der Waals surface area (Å²) in [5, 5.41) is 22.9. The zero-order chi connectivity index (χ0) is 20.5. The fourth-order valence-electron chi connectivity index (χ4n) is 2.41. The van der Waals surface area contributed by atoms with Gasteiger partial charge in [-0.1, -0.05) is 37.6 Å². The van der Waals surface area contributed by atoms with Crippen LogP contribution in [0.25, 0.3) is 6.08 Å². The van der Waals surface area contributed by atoms with Gasteiger partial charge in [0.15, 0.2) is 0 Å². The highest BCUT2D eigenvalue weighted by molar-refractivity contribution is 6.10. The first-order valence-electron chi connectivity index (χ1n) is 8.86. The summed E-state index contributed by atoms with van der Waals surface area (Å²) in [7, 11) is 0. The third-order valence-corrected chi connectivity index (χ3v) is 4.02. The number of nitrogens with zero attached hydrogens (tertiary/aromatic N) is 2. The van der Waals surface area contributed by atoms with Crippen molar-refractivity contribution in [1.82, 2.24) is 0 Å². The molecule has 0 fully saturated rings. The van der Waals surface area contributed by atoms with E-state index in [2.05, 4.69) is 12.2 Å². The number of ether oxygens (including phenoxy) is 1. The molecule has 0 radical (unpaired) electrons. The number of nitro benzene ring substituents is 1. The van der Waals surface area contributed by atoms with E-state index in [1.54, 1.807) is 31.2 Å². The van der Waals surface area contributed by atoms with E-state index in [1.165, 1.54) is 18.2 Å². The van der Waals surface area contributed by atoms with Gasteiger partial charge in [0.1, 0.15) is 17.4 Å². The number of hydrogen-bond donors (Lipinski definition) is 1. The van der Waals surface area contributed by atoms with Gasteiger partial charge in [-0.05, 0) is 31.1 Å². The number of carbonyl (C=O) groups is 1. The first kappa shape index (κ1) is 20.6. The Morgan fingerprint density at radius 2 is 2.07 bits per heavy atom. The van der Waals surface area contributed by atoms with E-state index >= 15 is 0 Å². The van der Waals surface area contributed by atoms with E-state index < -0.39 is 10.8 Å². The predicted octanol–water partition coefficient (Wildman–Crippen LogP) is 4.63. The highest BCUT2D eigenvalue weighted by atomic mass is 16.6. The topological polar surface area (TPSA) is 105 Å². The molecule has 28 heavy (non-hydrogen) atoms. The van der Waals surface area contributed by atoms with E-state index in [4.69, 9.17) is 4.74 Å². The van der Waals surface area contributed by atoms with Crippen LogP contribution in [0.2, 0.25) is 0 Å². The van der Waals surface area contributed by atoms with Crippen LogP contribution >= 0.6 is 0 Å². The van der Waals surface area contributed by atoms with Crippen molar-refractivity contribution in [3.63, 3.8) is 0 Å². The second-order valence-electron chi connectivity index (χ2n) is 6.12. The lowest BCUT2D eigenvalue weighted by molar-refractivity contribution is -0.384. The molecule has 0 atom stereocenters. The molecule has 2 rings (SSSR count). The molecule has 0 spiro atoms. The van der Waals surface area contributed by atoms with Crippen LogP contribution in [0, 0.1) is 28.4 Å². The Morgan fingerprint density at radius 3 is 2.75 bits per heavy atom. The normalized spacial score (nSPS) is 10.8. The van der Waals surface area contributed by atoms with Crippen molar-refractivity contribution in [2.75, 3.05) is 11.9 Å². The number of aryl methyl sites for hydroxylation is 1. The van der Waals surface area contributed by atoms with Gasteiger partial charge >= 0.3 is 0 Å². The maximum absolute atomic E-state index is 12.5. The van der Waals surface area contributed by atoms with Crippen LogP contribution in [0.4, 0.5) is 11.4 Å². The summed E-state index contributed by atoms with van der Waals surface area (Å²) < 4.78 is 5.72. The number of nitriles is 1. The molecule has 0 saturated carbocycles. The number of hydrogen-bond acceptors (Lipinski definition) is 5. The fraction of sp³-hybridized carbons (Fsp3) is 0.238. The predicted molar refractivity (Wildman–Crippen MR) is 107 cm³/mol. The van der Waals surface area contributed by atoms with E-state index in [0.717, 1.165) is 12.8 Å². The molecule has 0 aliphatic heterocycles. The summed E-state index contributed by atoms with van der Waals surface area (Å²) in [6.07, 6.45) is 3.34. The molecule has 0 aliphatic rings. The van der Waals surface area contributed by atoms with Crippen LogP contribution < -0.4 is 10.1 Å². The van der Waals surface area contributed by atoms with Crippen molar-refractivity contribution in [3.8, 4) is 11.8 Å². The molecular weight excluding hydrogens is 358 g/mol. The minimum atomic E-state index is -0.644. The Kier molecular flexibility index (Phi) is 7.28. The molecule has 0 unspecified atom stereocenters. The van der Waals surface area contributed by atoms with Crippen molar-refractivity contribution in [2.45, 2.75) is 26.7 Å². The number of non-ortho nitro benzene ring substituents is 1. The number of carbonyl (C=O) groups excluding carboxylic acids is 1. The van der Waals surface area contributed by atoms with Crippen LogP contribution in [0.15, 0.2) is 48.0 Å². The zero-order valence-electron chi connectivity index (χ0n) is 15.8. The number of amides is 1. The van der Waals surface area contributed by atoms with E-state index in [0.29, 0.717) is 23.5 Å². The Hall–Kier alpha value is -3.66. The lowest BCUT2D eigenvalue weighted by Gasteiger charge is -2.10. The second kappa shape index (κ2) is 9.88. The minimum Gasteiger partial charge on any atom is -0.493 e. The minimum absolute atomic E-state index is 0.127. The Bertz CT molecular complexity index is 945. The summed E-state index contributed by atoms with van der Waals surface area (Å²) in [4.78, 5) is 22.9. The standard InChI is InChI=1S/C21H21N3O4/c1-3-4-11-28-20-8-6-5-7-16(20)12-17(14-22)21(25)23-19-13-18(24(26)27)10-9-15(19)2/h5-10,12-13H,3-4,11H2,1-2H3,(H,23,25)/b17-12+. The Balaban J connectivity index is 2.26. The summed E-state index contributed by atoms with van der Waals surface area (Å²) in [5.41, 5.74) is 1.28. The van der Waals surface area contributed by atoms with Crippen molar-refractivity contribution >= 4 is 23.4 Å². The molecule has 2 aromatic rings. The number of anilines is 1. The average Bonchev–Trinajstić information content (AvgIpc) is 2.68. The van der Waals surface area contributed by atoms with Gasteiger partial charge in [-0.2, -0.15) is 5.26 Å². The molecule has 0 bridgehead atoms. The van der Waals surface area contributed by atoms with Gasteiger partial charge in [-0.15, -0.1) is 0 Å². The highest BCUT2D eigenvalue weighted by Crippen LogP contribution is 2.24. The van der Waals surface area contributed by atoms with Crippen LogP contribution in [-0.2, 0) is 4.79 Å². The van der Waals surface area contributed by atoms with Crippen molar-refractivity contribution < 1.29 is 14.5 Å². The molecule has 7 nitrogen and oxygen atoms in total. The largest absolute Gasteiger partial charge is 0.493 e.